The maximum atomic E-state index is 11.0. The summed E-state index contributed by atoms with van der Waals surface area (Å²) in [6, 6.07) is 0. The summed E-state index contributed by atoms with van der Waals surface area (Å²) in [7, 11) is 2.62. The first-order valence-electron chi connectivity index (χ1n) is 3.17. The Morgan fingerprint density at radius 3 is 2.77 bits per heavy atom. The molecule has 1 atom stereocenters. The molecule has 1 unspecified atom stereocenters. The van der Waals surface area contributed by atoms with Crippen LogP contribution < -0.4 is 0 Å². The monoisotopic (exact) mass is 243 g/mol. The Morgan fingerprint density at radius 1 is 1.85 bits per heavy atom. The van der Waals surface area contributed by atoms with Crippen LogP contribution in [0.1, 0.15) is 0 Å². The molecule has 0 radical (unpaired) electrons. The Hall–Kier alpha value is 0.0600. The van der Waals surface area contributed by atoms with Gasteiger partial charge in [0.2, 0.25) is 18.0 Å². The zero-order valence-corrected chi connectivity index (χ0v) is 9.69. The number of amides is 2. The number of nitrogens with zero attached hydrogens (tertiary/aromatic N) is 1. The molecule has 8 heteroatoms. The van der Waals surface area contributed by atoms with Crippen molar-refractivity contribution in [1.29, 1.82) is 0 Å². The van der Waals surface area contributed by atoms with E-state index in [-0.39, 0.29) is 5.75 Å². The van der Waals surface area contributed by atoms with Gasteiger partial charge in [-0.3, -0.25) is 14.5 Å². The normalized spacial score (nSPS) is 14.7. The Labute approximate surface area is 85.4 Å². The van der Waals surface area contributed by atoms with E-state index in [2.05, 4.69) is 16.3 Å². The molecule has 0 rings (SSSR count). The van der Waals surface area contributed by atoms with Crippen molar-refractivity contribution in [2.45, 2.75) is 0 Å². The molecule has 0 bridgehead atoms. The van der Waals surface area contributed by atoms with Crippen LogP contribution in [0, 0.1) is 0 Å². The molecular formula is C5H10NO4PS2. The van der Waals surface area contributed by atoms with Gasteiger partial charge in [0.05, 0.1) is 5.75 Å². The summed E-state index contributed by atoms with van der Waals surface area (Å²) >= 11 is 5.47. The van der Waals surface area contributed by atoms with Crippen molar-refractivity contribution in [3.63, 3.8) is 0 Å². The van der Waals surface area contributed by atoms with E-state index in [1.54, 1.807) is 0 Å². The predicted molar refractivity (Wildman–Crippen MR) is 54.8 cm³/mol. The molecular weight excluding hydrogens is 233 g/mol. The largest absolute Gasteiger partial charge is 0.337 e. The van der Waals surface area contributed by atoms with Crippen LogP contribution in [0.15, 0.2) is 0 Å². The number of hydrogen-bond acceptors (Lipinski definition) is 5. The van der Waals surface area contributed by atoms with Crippen LogP contribution in [0.3, 0.4) is 0 Å². The van der Waals surface area contributed by atoms with Crippen LogP contribution in [-0.2, 0) is 25.9 Å². The van der Waals surface area contributed by atoms with Crippen molar-refractivity contribution in [3.8, 4) is 0 Å². The second-order valence-corrected chi connectivity index (χ2v) is 8.32. The minimum atomic E-state index is -2.89. The van der Waals surface area contributed by atoms with Crippen LogP contribution in [0.25, 0.3) is 0 Å². The molecule has 0 aromatic rings. The minimum absolute atomic E-state index is 0.0587. The lowest BCUT2D eigenvalue weighted by Crippen LogP contribution is -2.26. The highest BCUT2D eigenvalue weighted by atomic mass is 32.9. The summed E-state index contributed by atoms with van der Waals surface area (Å²) in [5.74, 6) is -0.475. The van der Waals surface area contributed by atoms with Gasteiger partial charge in [0.15, 0.2) is 0 Å². The van der Waals surface area contributed by atoms with E-state index >= 15 is 0 Å². The van der Waals surface area contributed by atoms with Crippen LogP contribution in [0.2, 0.25) is 0 Å². The third kappa shape index (κ3) is 5.38. The molecule has 0 aliphatic rings. The van der Waals surface area contributed by atoms with Crippen LogP contribution in [-0.4, -0.2) is 42.0 Å². The molecule has 0 aromatic carbocycles. The Bertz CT molecular complexity index is 247. The zero-order valence-electron chi connectivity index (χ0n) is 7.17. The molecule has 0 aliphatic carbocycles. The molecule has 0 fully saturated rings. The first kappa shape index (κ1) is 13.1. The van der Waals surface area contributed by atoms with Crippen molar-refractivity contribution in [2.75, 3.05) is 19.9 Å². The lowest BCUT2D eigenvalue weighted by molar-refractivity contribution is -0.134. The SMILES string of the molecule is COP(O)(=S)SCC(=O)N(C)C=O. The average Bonchev–Trinajstić information content (AvgIpc) is 2.13. The summed E-state index contributed by atoms with van der Waals surface area (Å²) in [5.41, 5.74) is -2.89. The van der Waals surface area contributed by atoms with E-state index in [1.807, 2.05) is 0 Å². The molecule has 1 N–H and O–H groups in total. The third-order valence-corrected chi connectivity index (χ3v) is 5.51. The van der Waals surface area contributed by atoms with Gasteiger partial charge in [0, 0.05) is 14.2 Å². The maximum Gasteiger partial charge on any atom is 0.244 e. The third-order valence-electron chi connectivity index (χ3n) is 1.13. The molecule has 76 valence electrons. The molecule has 0 saturated heterocycles. The van der Waals surface area contributed by atoms with Gasteiger partial charge in [0.25, 0.3) is 0 Å². The summed E-state index contributed by atoms with van der Waals surface area (Å²) in [4.78, 5) is 31.3. The molecule has 0 aliphatic heterocycles. The first-order chi connectivity index (χ1) is 5.93. The maximum absolute atomic E-state index is 11.0. The number of carbonyl (C=O) groups is 2. The minimum Gasteiger partial charge on any atom is -0.337 e. The molecule has 0 aromatic heterocycles. The number of carbonyl (C=O) groups excluding carboxylic acids is 2. The van der Waals surface area contributed by atoms with E-state index in [0.29, 0.717) is 6.41 Å². The Morgan fingerprint density at radius 2 is 2.38 bits per heavy atom. The van der Waals surface area contributed by atoms with Gasteiger partial charge in [-0.1, -0.05) is 11.4 Å². The Kier molecular flexibility index (Phi) is 5.75. The molecule has 5 nitrogen and oxygen atoms in total. The van der Waals surface area contributed by atoms with Crippen LogP contribution in [0.4, 0.5) is 0 Å². The predicted octanol–water partition coefficient (Wildman–Crippen LogP) is 0.198. The van der Waals surface area contributed by atoms with Crippen molar-refractivity contribution in [1.82, 2.24) is 4.90 Å². The van der Waals surface area contributed by atoms with Gasteiger partial charge in [-0.2, -0.15) is 0 Å². The second kappa shape index (κ2) is 5.72. The number of hydrogen-bond donors (Lipinski definition) is 1. The molecule has 13 heavy (non-hydrogen) atoms. The lowest BCUT2D eigenvalue weighted by Gasteiger charge is -2.12. The standard InChI is InChI=1S/C5H10NO4PS2/c1-6(4-7)5(8)3-13-11(9,12)10-2/h4H,3H2,1-2H3,(H,9,12). The Balaban J connectivity index is 3.97. The topological polar surface area (TPSA) is 66.8 Å². The van der Waals surface area contributed by atoms with E-state index in [9.17, 15) is 14.5 Å². The van der Waals surface area contributed by atoms with Gasteiger partial charge in [-0.15, -0.1) is 0 Å². The molecule has 0 saturated carbocycles. The van der Waals surface area contributed by atoms with Crippen molar-refractivity contribution in [2.24, 2.45) is 0 Å². The van der Waals surface area contributed by atoms with Gasteiger partial charge >= 0.3 is 0 Å². The van der Waals surface area contributed by atoms with Crippen molar-refractivity contribution < 1.29 is 19.0 Å². The van der Waals surface area contributed by atoms with E-state index in [4.69, 9.17) is 0 Å². The highest BCUT2D eigenvalue weighted by molar-refractivity contribution is 8.67. The molecule has 0 heterocycles. The summed E-state index contributed by atoms with van der Waals surface area (Å²) < 4.78 is 4.59. The highest BCUT2D eigenvalue weighted by Gasteiger charge is 2.16. The fourth-order valence-corrected chi connectivity index (χ4v) is 2.54. The van der Waals surface area contributed by atoms with Crippen LogP contribution in [0.5, 0.6) is 0 Å². The zero-order chi connectivity index (χ0) is 10.5. The summed E-state index contributed by atoms with van der Waals surface area (Å²) in [6.45, 7) is 0. The van der Waals surface area contributed by atoms with Crippen molar-refractivity contribution >= 4 is 41.2 Å². The van der Waals surface area contributed by atoms with E-state index in [1.165, 1.54) is 14.2 Å². The van der Waals surface area contributed by atoms with Gasteiger partial charge in [0.1, 0.15) is 0 Å². The van der Waals surface area contributed by atoms with Gasteiger partial charge in [-0.05, 0) is 11.8 Å². The smallest absolute Gasteiger partial charge is 0.244 e. The average molecular weight is 243 g/mol. The van der Waals surface area contributed by atoms with E-state index < -0.39 is 11.6 Å². The fourth-order valence-electron chi connectivity index (χ4n) is 0.350. The fraction of sp³-hybridized carbons (Fsp3) is 0.600. The van der Waals surface area contributed by atoms with Gasteiger partial charge < -0.3 is 9.42 Å². The quantitative estimate of drug-likeness (QED) is 0.549. The van der Waals surface area contributed by atoms with E-state index in [0.717, 1.165) is 16.3 Å². The number of imide groups is 1. The number of rotatable bonds is 5. The second-order valence-electron chi connectivity index (χ2n) is 2.03. The summed E-state index contributed by atoms with van der Waals surface area (Å²) in [5, 5.41) is 0. The molecule has 0 spiro atoms. The van der Waals surface area contributed by atoms with Crippen molar-refractivity contribution in [3.05, 3.63) is 0 Å². The highest BCUT2D eigenvalue weighted by Crippen LogP contribution is 2.55. The van der Waals surface area contributed by atoms with Gasteiger partial charge in [-0.25, -0.2) is 0 Å². The molecule has 2 amide bonds. The summed E-state index contributed by atoms with van der Waals surface area (Å²) in [6.07, 6.45) is 0.399. The van der Waals surface area contributed by atoms with Crippen LogP contribution >= 0.6 is 17.1 Å². The lowest BCUT2D eigenvalue weighted by atomic mass is 10.6. The first-order valence-corrected chi connectivity index (χ1v) is 7.43.